The van der Waals surface area contributed by atoms with Crippen LogP contribution in [0.25, 0.3) is 10.6 Å². The van der Waals surface area contributed by atoms with Gasteiger partial charge in [-0.25, -0.2) is 0 Å². The molecule has 2 aromatic heterocycles. The summed E-state index contributed by atoms with van der Waals surface area (Å²) >= 11 is 1.57. The molecular weight excluding hydrogens is 334 g/mol. The fourth-order valence-corrected chi connectivity index (χ4v) is 4.31. The number of thiophene rings is 1. The molecule has 0 saturated carbocycles. The molecule has 0 fully saturated rings. The molecule has 0 aromatic carbocycles. The van der Waals surface area contributed by atoms with Gasteiger partial charge in [-0.2, -0.15) is 15.7 Å². The number of nitrogens with one attached hydrogen (secondary N) is 1. The molecule has 23 heavy (non-hydrogen) atoms. The number of aryl methyl sites for hydroxylation is 1. The van der Waals surface area contributed by atoms with Crippen molar-refractivity contribution in [3.8, 4) is 10.6 Å². The first kappa shape index (κ1) is 18.0. The van der Waals surface area contributed by atoms with Crippen molar-refractivity contribution in [3.05, 3.63) is 23.6 Å². The van der Waals surface area contributed by atoms with E-state index in [-0.39, 0.29) is 0 Å². The van der Waals surface area contributed by atoms with Gasteiger partial charge in [0.25, 0.3) is 0 Å². The smallest absolute Gasteiger partial charge is 0.250 e. The average molecular weight is 358 g/mol. The summed E-state index contributed by atoms with van der Waals surface area (Å²) in [4.78, 5) is 13.6. The predicted octanol–water partition coefficient (Wildman–Crippen LogP) is 4.02. The first-order valence-electron chi connectivity index (χ1n) is 7.23. The van der Waals surface area contributed by atoms with E-state index >= 15 is 0 Å². The number of rotatable bonds is 5. The summed E-state index contributed by atoms with van der Waals surface area (Å²) in [5, 5.41) is 8.70. The third-order valence-corrected chi connectivity index (χ3v) is 7.74. The van der Waals surface area contributed by atoms with Crippen LogP contribution in [0.5, 0.6) is 0 Å². The second-order valence-corrected chi connectivity index (χ2v) is 10.2. The molecule has 0 spiro atoms. The topological polar surface area (TPSA) is 87.4 Å². The summed E-state index contributed by atoms with van der Waals surface area (Å²) in [6.07, 6.45) is 0. The maximum Gasteiger partial charge on any atom is 0.250 e. The van der Waals surface area contributed by atoms with Crippen molar-refractivity contribution < 1.29 is 13.9 Å². The molecule has 8 heteroatoms. The van der Waals surface area contributed by atoms with Crippen LogP contribution in [-0.4, -0.2) is 34.8 Å². The Morgan fingerprint density at radius 1 is 1.43 bits per heavy atom. The third-order valence-electron chi connectivity index (χ3n) is 3.85. The van der Waals surface area contributed by atoms with Crippen molar-refractivity contribution in [3.63, 3.8) is 0 Å². The summed E-state index contributed by atoms with van der Waals surface area (Å²) in [5.74, 6) is 0.0809. The predicted molar refractivity (Wildman–Crippen MR) is 97.2 cm³/mol. The van der Waals surface area contributed by atoms with Gasteiger partial charge in [0, 0.05) is 18.4 Å². The van der Waals surface area contributed by atoms with E-state index in [0.717, 1.165) is 10.6 Å². The second kappa shape index (κ2) is 6.27. The molecule has 0 aliphatic heterocycles. The second-order valence-electron chi connectivity index (χ2n) is 6.12. The van der Waals surface area contributed by atoms with E-state index in [9.17, 15) is 13.9 Å². The molecule has 0 radical (unpaired) electrons. The molecule has 0 unspecified atom stereocenters. The Bertz CT molecular complexity index is 691. The lowest BCUT2D eigenvalue weighted by Gasteiger charge is -2.48. The Balaban J connectivity index is 2.24. The number of anilines is 1. The third kappa shape index (κ3) is 3.30. The normalized spacial score (nSPS) is 13.4. The Hall–Kier alpha value is -1.35. The lowest BCUT2D eigenvalue weighted by molar-refractivity contribution is -0.118. The monoisotopic (exact) mass is 357 g/mol. The van der Waals surface area contributed by atoms with E-state index in [1.807, 2.05) is 17.5 Å². The van der Waals surface area contributed by atoms with Gasteiger partial charge in [-0.3, -0.25) is 18.6 Å². The molecule has 0 saturated heterocycles. The SMILES string of the molecule is CC(C)S(O)(O)C(C)(C)C(=O)Nc1cc(-c2cccs2)nn1C. The molecule has 6 nitrogen and oxygen atoms in total. The molecule has 1 amide bonds. The lowest BCUT2D eigenvalue weighted by atomic mass is 10.2. The van der Waals surface area contributed by atoms with Crippen LogP contribution in [0.2, 0.25) is 0 Å². The van der Waals surface area contributed by atoms with E-state index < -0.39 is 26.5 Å². The molecule has 2 rings (SSSR count). The number of hydrogen-bond acceptors (Lipinski definition) is 5. The average Bonchev–Trinajstić information content (AvgIpc) is 3.08. The van der Waals surface area contributed by atoms with Crippen LogP contribution in [0, 0.1) is 0 Å². The Kier molecular flexibility index (Phi) is 4.91. The molecule has 3 N–H and O–H groups in total. The van der Waals surface area contributed by atoms with Crippen molar-refractivity contribution in [1.29, 1.82) is 0 Å². The van der Waals surface area contributed by atoms with Crippen molar-refractivity contribution in [2.75, 3.05) is 5.32 Å². The minimum absolute atomic E-state index is 0.406. The number of nitrogens with zero attached hydrogens (tertiary/aromatic N) is 2. The highest BCUT2D eigenvalue weighted by molar-refractivity contribution is 8.26. The number of carbonyl (C=O) groups is 1. The highest BCUT2D eigenvalue weighted by Crippen LogP contribution is 2.56. The van der Waals surface area contributed by atoms with Crippen LogP contribution in [0.1, 0.15) is 27.7 Å². The Morgan fingerprint density at radius 2 is 2.09 bits per heavy atom. The lowest BCUT2D eigenvalue weighted by Crippen LogP contribution is -2.44. The largest absolute Gasteiger partial charge is 0.309 e. The van der Waals surface area contributed by atoms with Gasteiger partial charge >= 0.3 is 0 Å². The molecule has 0 atom stereocenters. The fraction of sp³-hybridized carbons (Fsp3) is 0.467. The summed E-state index contributed by atoms with van der Waals surface area (Å²) in [6.45, 7) is 6.50. The van der Waals surface area contributed by atoms with E-state index in [1.54, 1.807) is 56.8 Å². The zero-order chi connectivity index (χ0) is 17.4. The highest BCUT2D eigenvalue weighted by Gasteiger charge is 2.43. The van der Waals surface area contributed by atoms with E-state index in [2.05, 4.69) is 10.4 Å². The van der Waals surface area contributed by atoms with Gasteiger partial charge in [0.2, 0.25) is 5.91 Å². The molecule has 0 aliphatic carbocycles. The van der Waals surface area contributed by atoms with Gasteiger partial charge in [-0.05, 0) is 39.1 Å². The van der Waals surface area contributed by atoms with Crippen molar-refractivity contribution >= 4 is 33.7 Å². The summed E-state index contributed by atoms with van der Waals surface area (Å²) in [6, 6.07) is 5.67. The molecule has 2 heterocycles. The summed E-state index contributed by atoms with van der Waals surface area (Å²) in [5.41, 5.74) is 0.770. The van der Waals surface area contributed by atoms with Gasteiger partial charge in [0.15, 0.2) is 0 Å². The molecule has 0 bridgehead atoms. The highest BCUT2D eigenvalue weighted by atomic mass is 32.3. The zero-order valence-electron chi connectivity index (χ0n) is 13.9. The van der Waals surface area contributed by atoms with Crippen LogP contribution in [0.3, 0.4) is 0 Å². The van der Waals surface area contributed by atoms with E-state index in [4.69, 9.17) is 0 Å². The maximum absolute atomic E-state index is 12.6. The van der Waals surface area contributed by atoms with Gasteiger partial charge in [-0.1, -0.05) is 6.07 Å². The minimum Gasteiger partial charge on any atom is -0.309 e. The first-order chi connectivity index (χ1) is 10.6. The number of amides is 1. The van der Waals surface area contributed by atoms with E-state index in [1.165, 1.54) is 0 Å². The Labute approximate surface area is 141 Å². The van der Waals surface area contributed by atoms with E-state index in [0.29, 0.717) is 5.82 Å². The first-order valence-corrected chi connectivity index (χ1v) is 9.72. The van der Waals surface area contributed by atoms with Crippen LogP contribution < -0.4 is 5.32 Å². The van der Waals surface area contributed by atoms with Crippen molar-refractivity contribution in [2.24, 2.45) is 7.05 Å². The minimum atomic E-state index is -3.08. The standard InChI is InChI=1S/C15H23N3O3S2/c1-10(2)23(20,21)15(3,4)14(19)16-13-9-11(17-18(13)5)12-7-6-8-22-12/h6-10,20-21H,1-5H3,(H,16,19). The van der Waals surface area contributed by atoms with Crippen molar-refractivity contribution in [1.82, 2.24) is 9.78 Å². The van der Waals surface area contributed by atoms with Gasteiger partial charge < -0.3 is 5.32 Å². The zero-order valence-corrected chi connectivity index (χ0v) is 15.5. The summed E-state index contributed by atoms with van der Waals surface area (Å²) < 4.78 is 21.0. The fourth-order valence-electron chi connectivity index (χ4n) is 2.12. The molecule has 2 aromatic rings. The van der Waals surface area contributed by atoms with Gasteiger partial charge in [0.05, 0.1) is 4.88 Å². The van der Waals surface area contributed by atoms with Crippen LogP contribution in [0.4, 0.5) is 5.82 Å². The number of hydrogen-bond donors (Lipinski definition) is 3. The van der Waals surface area contributed by atoms with Gasteiger partial charge in [-0.15, -0.1) is 11.3 Å². The molecule has 128 valence electrons. The maximum atomic E-state index is 12.6. The summed E-state index contributed by atoms with van der Waals surface area (Å²) in [7, 11) is -1.35. The van der Waals surface area contributed by atoms with Gasteiger partial charge in [0.1, 0.15) is 16.3 Å². The van der Waals surface area contributed by atoms with Crippen LogP contribution >= 0.6 is 21.9 Å². The van der Waals surface area contributed by atoms with Crippen molar-refractivity contribution in [2.45, 2.75) is 37.7 Å². The quantitative estimate of drug-likeness (QED) is 0.754. The Morgan fingerprint density at radius 3 is 2.61 bits per heavy atom. The van der Waals surface area contributed by atoms with Crippen LogP contribution in [0.15, 0.2) is 23.6 Å². The number of carbonyl (C=O) groups excluding carboxylic acids is 1. The molecule has 0 aliphatic rings. The molecular formula is C15H23N3O3S2. The van der Waals surface area contributed by atoms with Crippen LogP contribution in [-0.2, 0) is 11.8 Å². The number of aromatic nitrogens is 2.